The first kappa shape index (κ1) is 13.2. The quantitative estimate of drug-likeness (QED) is 0.664. The zero-order chi connectivity index (χ0) is 13.0. The Morgan fingerprint density at radius 3 is 2.71 bits per heavy atom. The molecule has 0 aliphatic rings. The molecule has 1 aromatic rings. The van der Waals surface area contributed by atoms with Gasteiger partial charge in [-0.1, -0.05) is 0 Å². The highest BCUT2D eigenvalue weighted by atomic mass is 16.5. The Morgan fingerprint density at radius 2 is 2.24 bits per heavy atom. The fourth-order valence-electron chi connectivity index (χ4n) is 1.29. The van der Waals surface area contributed by atoms with Gasteiger partial charge in [0.25, 0.3) is 0 Å². The SMILES string of the molecule is COC(=O)C(C)NC(=O)C(N)c1cnn(C)c1. The van der Waals surface area contributed by atoms with E-state index in [2.05, 4.69) is 15.2 Å². The van der Waals surface area contributed by atoms with Crippen molar-refractivity contribution in [1.29, 1.82) is 0 Å². The van der Waals surface area contributed by atoms with Crippen molar-refractivity contribution in [3.05, 3.63) is 18.0 Å². The van der Waals surface area contributed by atoms with E-state index in [0.29, 0.717) is 5.56 Å². The second kappa shape index (κ2) is 5.44. The van der Waals surface area contributed by atoms with Crippen LogP contribution in [0.5, 0.6) is 0 Å². The van der Waals surface area contributed by atoms with Crippen LogP contribution in [0.25, 0.3) is 0 Å². The summed E-state index contributed by atoms with van der Waals surface area (Å²) in [7, 11) is 2.98. The lowest BCUT2D eigenvalue weighted by atomic mass is 10.1. The lowest BCUT2D eigenvalue weighted by Crippen LogP contribution is -2.43. The van der Waals surface area contributed by atoms with Gasteiger partial charge < -0.3 is 15.8 Å². The third-order valence-corrected chi connectivity index (χ3v) is 2.28. The van der Waals surface area contributed by atoms with Crippen LogP contribution in [0.1, 0.15) is 18.5 Å². The number of rotatable bonds is 4. The van der Waals surface area contributed by atoms with Crippen LogP contribution >= 0.6 is 0 Å². The Labute approximate surface area is 98.9 Å². The van der Waals surface area contributed by atoms with Gasteiger partial charge in [-0.3, -0.25) is 9.48 Å². The zero-order valence-corrected chi connectivity index (χ0v) is 10.0. The molecular weight excluding hydrogens is 224 g/mol. The van der Waals surface area contributed by atoms with Crippen LogP contribution in [-0.2, 0) is 21.4 Å². The summed E-state index contributed by atoms with van der Waals surface area (Å²) < 4.78 is 6.04. The molecule has 2 unspecified atom stereocenters. The minimum atomic E-state index is -0.851. The number of hydrogen-bond donors (Lipinski definition) is 2. The van der Waals surface area contributed by atoms with Crippen molar-refractivity contribution < 1.29 is 14.3 Å². The van der Waals surface area contributed by atoms with Crippen LogP contribution in [0.3, 0.4) is 0 Å². The lowest BCUT2D eigenvalue weighted by molar-refractivity contribution is -0.144. The summed E-state index contributed by atoms with van der Waals surface area (Å²) in [5.74, 6) is -0.965. The molecule has 7 nitrogen and oxygen atoms in total. The molecule has 0 aliphatic carbocycles. The van der Waals surface area contributed by atoms with Gasteiger partial charge in [-0.2, -0.15) is 5.10 Å². The molecule has 7 heteroatoms. The third-order valence-electron chi connectivity index (χ3n) is 2.28. The lowest BCUT2D eigenvalue weighted by Gasteiger charge is -2.14. The van der Waals surface area contributed by atoms with Crippen LogP contribution in [0.4, 0.5) is 0 Å². The third kappa shape index (κ3) is 3.28. The van der Waals surface area contributed by atoms with Gasteiger partial charge in [0.1, 0.15) is 12.1 Å². The molecule has 0 saturated heterocycles. The summed E-state index contributed by atoms with van der Waals surface area (Å²) in [6.07, 6.45) is 3.15. The molecule has 1 heterocycles. The number of carbonyl (C=O) groups is 2. The molecular formula is C10H16N4O3. The Bertz CT molecular complexity index is 415. The summed E-state index contributed by atoms with van der Waals surface area (Å²) in [5, 5.41) is 6.38. The highest BCUT2D eigenvalue weighted by Crippen LogP contribution is 2.08. The van der Waals surface area contributed by atoms with Gasteiger partial charge in [0.2, 0.25) is 5.91 Å². The van der Waals surface area contributed by atoms with E-state index in [1.54, 1.807) is 17.9 Å². The van der Waals surface area contributed by atoms with Crippen molar-refractivity contribution >= 4 is 11.9 Å². The minimum absolute atomic E-state index is 0.448. The van der Waals surface area contributed by atoms with Crippen molar-refractivity contribution in [2.75, 3.05) is 7.11 Å². The molecule has 3 N–H and O–H groups in total. The summed E-state index contributed by atoms with van der Waals surface area (Å²) in [6, 6.07) is -1.58. The van der Waals surface area contributed by atoms with E-state index in [-0.39, 0.29) is 0 Å². The Kier molecular flexibility index (Phi) is 4.22. The standard InChI is InChI=1S/C10H16N4O3/c1-6(10(16)17-3)13-9(15)8(11)7-4-12-14(2)5-7/h4-6,8H,11H2,1-3H3,(H,13,15). The molecule has 1 amide bonds. The minimum Gasteiger partial charge on any atom is -0.467 e. The summed E-state index contributed by atoms with van der Waals surface area (Å²) >= 11 is 0. The number of nitrogens with zero attached hydrogens (tertiary/aromatic N) is 2. The average molecular weight is 240 g/mol. The van der Waals surface area contributed by atoms with Gasteiger partial charge in [-0.25, -0.2) is 4.79 Å². The number of nitrogens with two attached hydrogens (primary N) is 1. The van der Waals surface area contributed by atoms with E-state index in [0.717, 1.165) is 0 Å². The molecule has 2 atom stereocenters. The van der Waals surface area contributed by atoms with Crippen LogP contribution in [0.15, 0.2) is 12.4 Å². The number of methoxy groups -OCH3 is 1. The van der Waals surface area contributed by atoms with Gasteiger partial charge in [-0.15, -0.1) is 0 Å². The van der Waals surface area contributed by atoms with E-state index in [1.807, 2.05) is 0 Å². The maximum atomic E-state index is 11.7. The number of ether oxygens (including phenoxy) is 1. The first-order chi connectivity index (χ1) is 7.95. The highest BCUT2D eigenvalue weighted by Gasteiger charge is 2.22. The summed E-state index contributed by atoms with van der Waals surface area (Å²) in [5.41, 5.74) is 6.31. The molecule has 0 aromatic carbocycles. The highest BCUT2D eigenvalue weighted by molar-refractivity contribution is 5.87. The largest absolute Gasteiger partial charge is 0.467 e. The predicted octanol–water partition coefficient (Wildman–Crippen LogP) is -0.902. The van der Waals surface area contributed by atoms with Gasteiger partial charge in [0, 0.05) is 18.8 Å². The van der Waals surface area contributed by atoms with Gasteiger partial charge in [-0.05, 0) is 6.92 Å². The number of carbonyl (C=O) groups excluding carboxylic acids is 2. The van der Waals surface area contributed by atoms with E-state index in [1.165, 1.54) is 20.2 Å². The number of hydrogen-bond acceptors (Lipinski definition) is 5. The fraction of sp³-hybridized carbons (Fsp3) is 0.500. The Balaban J connectivity index is 2.62. The molecule has 1 rings (SSSR count). The fourth-order valence-corrected chi connectivity index (χ4v) is 1.29. The molecule has 0 spiro atoms. The predicted molar refractivity (Wildman–Crippen MR) is 59.8 cm³/mol. The molecule has 0 aliphatic heterocycles. The van der Waals surface area contributed by atoms with E-state index in [9.17, 15) is 9.59 Å². The molecule has 94 valence electrons. The average Bonchev–Trinajstić information content (AvgIpc) is 2.73. The van der Waals surface area contributed by atoms with Gasteiger partial charge in [0.05, 0.1) is 13.3 Å². The number of nitrogens with one attached hydrogen (secondary N) is 1. The second-order valence-electron chi connectivity index (χ2n) is 3.68. The van der Waals surface area contributed by atoms with Crippen molar-refractivity contribution in [3.63, 3.8) is 0 Å². The number of amides is 1. The number of aromatic nitrogens is 2. The van der Waals surface area contributed by atoms with E-state index >= 15 is 0 Å². The first-order valence-electron chi connectivity index (χ1n) is 5.08. The van der Waals surface area contributed by atoms with Crippen LogP contribution in [-0.4, -0.2) is 34.8 Å². The number of esters is 1. The number of aryl methyl sites for hydroxylation is 1. The summed E-state index contributed by atoms with van der Waals surface area (Å²) in [4.78, 5) is 22.8. The van der Waals surface area contributed by atoms with Crippen molar-refractivity contribution in [1.82, 2.24) is 15.1 Å². The molecule has 17 heavy (non-hydrogen) atoms. The monoisotopic (exact) mass is 240 g/mol. The maximum absolute atomic E-state index is 11.7. The Morgan fingerprint density at radius 1 is 1.59 bits per heavy atom. The van der Waals surface area contributed by atoms with Gasteiger partial charge in [0.15, 0.2) is 0 Å². The van der Waals surface area contributed by atoms with E-state index < -0.39 is 24.0 Å². The topological polar surface area (TPSA) is 99.2 Å². The molecule has 0 radical (unpaired) electrons. The summed E-state index contributed by atoms with van der Waals surface area (Å²) in [6.45, 7) is 1.53. The second-order valence-corrected chi connectivity index (χ2v) is 3.68. The smallest absolute Gasteiger partial charge is 0.328 e. The maximum Gasteiger partial charge on any atom is 0.328 e. The van der Waals surface area contributed by atoms with E-state index in [4.69, 9.17) is 5.73 Å². The zero-order valence-electron chi connectivity index (χ0n) is 10.0. The van der Waals surface area contributed by atoms with Crippen LogP contribution in [0, 0.1) is 0 Å². The van der Waals surface area contributed by atoms with Crippen molar-refractivity contribution in [2.24, 2.45) is 12.8 Å². The van der Waals surface area contributed by atoms with Crippen LogP contribution in [0.2, 0.25) is 0 Å². The first-order valence-corrected chi connectivity index (χ1v) is 5.08. The van der Waals surface area contributed by atoms with Crippen molar-refractivity contribution in [2.45, 2.75) is 19.0 Å². The molecule has 0 saturated carbocycles. The molecule has 0 fully saturated rings. The normalized spacial score (nSPS) is 13.9. The van der Waals surface area contributed by atoms with Crippen molar-refractivity contribution in [3.8, 4) is 0 Å². The Hall–Kier alpha value is -1.89. The molecule has 1 aromatic heterocycles. The van der Waals surface area contributed by atoms with Gasteiger partial charge >= 0.3 is 5.97 Å². The van der Waals surface area contributed by atoms with Crippen LogP contribution < -0.4 is 11.1 Å². The molecule has 0 bridgehead atoms.